The van der Waals surface area contributed by atoms with Crippen LogP contribution in [0.25, 0.3) is 22.2 Å². The third-order valence-electron chi connectivity index (χ3n) is 2.66. The average Bonchev–Trinajstić information content (AvgIpc) is 2.39. The molecule has 0 fully saturated rings. The van der Waals surface area contributed by atoms with Crippen LogP contribution in [0.1, 0.15) is 5.82 Å². The van der Waals surface area contributed by atoms with E-state index < -0.39 is 0 Å². The maximum absolute atomic E-state index is 4.37. The van der Waals surface area contributed by atoms with E-state index in [9.17, 15) is 0 Å². The van der Waals surface area contributed by atoms with Crippen LogP contribution in [0.4, 0.5) is 0 Å². The van der Waals surface area contributed by atoms with E-state index in [-0.39, 0.29) is 0 Å². The Labute approximate surface area is 99.2 Å². The molecule has 3 nitrogen and oxygen atoms in total. The lowest BCUT2D eigenvalue weighted by Crippen LogP contribution is -1.91. The van der Waals surface area contributed by atoms with Gasteiger partial charge in [0.1, 0.15) is 5.82 Å². The van der Waals surface area contributed by atoms with Crippen LogP contribution in [0, 0.1) is 6.92 Å². The van der Waals surface area contributed by atoms with Gasteiger partial charge in [0.2, 0.25) is 0 Å². The second-order valence-corrected chi connectivity index (χ2v) is 3.92. The number of nitrogens with zero attached hydrogens (tertiary/aromatic N) is 3. The fourth-order valence-electron chi connectivity index (χ4n) is 1.80. The van der Waals surface area contributed by atoms with Crippen molar-refractivity contribution in [2.24, 2.45) is 0 Å². The molecule has 0 saturated carbocycles. The Bertz CT molecular complexity index is 663. The molecule has 0 radical (unpaired) electrons. The summed E-state index contributed by atoms with van der Waals surface area (Å²) in [6.45, 7) is 1.87. The molecule has 2 heterocycles. The number of benzene rings is 1. The standard InChI is InChI=1S/C14H11N3/c1-10-15-9-13-7-12(8-16-14(13)17-10)11-5-3-2-4-6-11/h2-9H,1H3. The smallest absolute Gasteiger partial charge is 0.162 e. The highest BCUT2D eigenvalue weighted by Gasteiger charge is 2.01. The van der Waals surface area contributed by atoms with Gasteiger partial charge < -0.3 is 0 Å². The van der Waals surface area contributed by atoms with E-state index in [4.69, 9.17) is 0 Å². The Kier molecular flexibility index (Phi) is 2.29. The molecular weight excluding hydrogens is 210 g/mol. The molecular formula is C14H11N3. The second kappa shape index (κ2) is 3.94. The summed E-state index contributed by atoms with van der Waals surface area (Å²) < 4.78 is 0. The lowest BCUT2D eigenvalue weighted by Gasteiger charge is -2.02. The van der Waals surface area contributed by atoms with Crippen molar-refractivity contribution >= 4 is 11.0 Å². The minimum absolute atomic E-state index is 0.747. The zero-order valence-electron chi connectivity index (χ0n) is 9.46. The molecule has 2 aromatic heterocycles. The fourth-order valence-corrected chi connectivity index (χ4v) is 1.80. The SMILES string of the molecule is Cc1ncc2cc(-c3ccccc3)cnc2n1. The van der Waals surface area contributed by atoms with Gasteiger partial charge in [-0.05, 0) is 18.6 Å². The Morgan fingerprint density at radius 2 is 1.71 bits per heavy atom. The van der Waals surface area contributed by atoms with Crippen LogP contribution in [0.15, 0.2) is 48.8 Å². The number of aromatic nitrogens is 3. The first-order chi connectivity index (χ1) is 8.33. The van der Waals surface area contributed by atoms with Gasteiger partial charge in [0, 0.05) is 23.3 Å². The van der Waals surface area contributed by atoms with Gasteiger partial charge in [-0.3, -0.25) is 0 Å². The van der Waals surface area contributed by atoms with Crippen LogP contribution in [0.5, 0.6) is 0 Å². The molecule has 0 spiro atoms. The Morgan fingerprint density at radius 1 is 0.882 bits per heavy atom. The summed E-state index contributed by atoms with van der Waals surface area (Å²) in [6.07, 6.45) is 3.67. The predicted octanol–water partition coefficient (Wildman–Crippen LogP) is 3.00. The molecule has 82 valence electrons. The number of hydrogen-bond acceptors (Lipinski definition) is 3. The molecule has 0 unspecified atom stereocenters. The van der Waals surface area contributed by atoms with Crippen LogP contribution in [-0.2, 0) is 0 Å². The first-order valence-corrected chi connectivity index (χ1v) is 5.48. The lowest BCUT2D eigenvalue weighted by molar-refractivity contribution is 1.07. The van der Waals surface area contributed by atoms with Crippen LogP contribution in [0.2, 0.25) is 0 Å². The Balaban J connectivity index is 2.17. The largest absolute Gasteiger partial charge is 0.241 e. The number of aryl methyl sites for hydroxylation is 1. The van der Waals surface area contributed by atoms with Gasteiger partial charge in [0.25, 0.3) is 0 Å². The van der Waals surface area contributed by atoms with E-state index >= 15 is 0 Å². The van der Waals surface area contributed by atoms with Crippen molar-refractivity contribution in [1.82, 2.24) is 15.0 Å². The molecule has 3 rings (SSSR count). The number of fused-ring (bicyclic) bond motifs is 1. The van der Waals surface area contributed by atoms with Crippen molar-refractivity contribution in [3.63, 3.8) is 0 Å². The zero-order valence-corrected chi connectivity index (χ0v) is 9.46. The first-order valence-electron chi connectivity index (χ1n) is 5.48. The molecule has 0 aliphatic heterocycles. The topological polar surface area (TPSA) is 38.7 Å². The summed E-state index contributed by atoms with van der Waals surface area (Å²) in [5, 5.41) is 0.969. The lowest BCUT2D eigenvalue weighted by atomic mass is 10.1. The molecule has 0 saturated heterocycles. The van der Waals surface area contributed by atoms with Gasteiger partial charge in [0.05, 0.1) is 0 Å². The van der Waals surface area contributed by atoms with E-state index in [0.717, 1.165) is 28.0 Å². The monoisotopic (exact) mass is 221 g/mol. The minimum atomic E-state index is 0.747. The van der Waals surface area contributed by atoms with Crippen molar-refractivity contribution < 1.29 is 0 Å². The zero-order chi connectivity index (χ0) is 11.7. The first kappa shape index (κ1) is 9.90. The van der Waals surface area contributed by atoms with Crippen molar-refractivity contribution in [3.8, 4) is 11.1 Å². The summed E-state index contributed by atoms with van der Waals surface area (Å²) in [5.41, 5.74) is 2.99. The van der Waals surface area contributed by atoms with Gasteiger partial charge >= 0.3 is 0 Å². The third kappa shape index (κ3) is 1.87. The minimum Gasteiger partial charge on any atom is -0.241 e. The van der Waals surface area contributed by atoms with E-state index in [1.54, 1.807) is 0 Å². The molecule has 0 bridgehead atoms. The van der Waals surface area contributed by atoms with Crippen molar-refractivity contribution in [2.75, 3.05) is 0 Å². The molecule has 17 heavy (non-hydrogen) atoms. The highest BCUT2D eigenvalue weighted by molar-refractivity contribution is 5.79. The van der Waals surface area contributed by atoms with Gasteiger partial charge in [-0.25, -0.2) is 15.0 Å². The van der Waals surface area contributed by atoms with Crippen molar-refractivity contribution in [3.05, 3.63) is 54.6 Å². The quantitative estimate of drug-likeness (QED) is 0.634. The molecule has 0 N–H and O–H groups in total. The average molecular weight is 221 g/mol. The Morgan fingerprint density at radius 3 is 2.53 bits per heavy atom. The molecule has 0 amide bonds. The van der Waals surface area contributed by atoms with Crippen LogP contribution in [0.3, 0.4) is 0 Å². The van der Waals surface area contributed by atoms with E-state index in [2.05, 4.69) is 33.2 Å². The summed E-state index contributed by atoms with van der Waals surface area (Å²) in [4.78, 5) is 12.8. The molecule has 0 aliphatic carbocycles. The second-order valence-electron chi connectivity index (χ2n) is 3.92. The summed E-state index contributed by atoms with van der Waals surface area (Å²) in [6, 6.07) is 12.2. The van der Waals surface area contributed by atoms with Crippen molar-refractivity contribution in [2.45, 2.75) is 6.92 Å². The third-order valence-corrected chi connectivity index (χ3v) is 2.66. The van der Waals surface area contributed by atoms with Crippen LogP contribution >= 0.6 is 0 Å². The molecule has 1 aromatic carbocycles. The number of pyridine rings is 1. The van der Waals surface area contributed by atoms with Crippen LogP contribution < -0.4 is 0 Å². The van der Waals surface area contributed by atoms with E-state index in [1.807, 2.05) is 37.5 Å². The highest BCUT2D eigenvalue weighted by Crippen LogP contribution is 2.21. The Hall–Kier alpha value is -2.29. The van der Waals surface area contributed by atoms with Gasteiger partial charge in [0.15, 0.2) is 5.65 Å². The molecule has 3 heteroatoms. The summed E-state index contributed by atoms with van der Waals surface area (Å²) in [5.74, 6) is 0.748. The summed E-state index contributed by atoms with van der Waals surface area (Å²) in [7, 11) is 0. The number of hydrogen-bond donors (Lipinski definition) is 0. The fraction of sp³-hybridized carbons (Fsp3) is 0.0714. The summed E-state index contributed by atoms with van der Waals surface area (Å²) >= 11 is 0. The predicted molar refractivity (Wildman–Crippen MR) is 67.5 cm³/mol. The molecule has 0 atom stereocenters. The highest BCUT2D eigenvalue weighted by atomic mass is 14.9. The van der Waals surface area contributed by atoms with Gasteiger partial charge in [-0.1, -0.05) is 30.3 Å². The maximum atomic E-state index is 4.37. The number of rotatable bonds is 1. The normalized spacial score (nSPS) is 10.6. The van der Waals surface area contributed by atoms with Crippen LogP contribution in [-0.4, -0.2) is 15.0 Å². The maximum Gasteiger partial charge on any atom is 0.162 e. The van der Waals surface area contributed by atoms with Gasteiger partial charge in [-0.15, -0.1) is 0 Å². The van der Waals surface area contributed by atoms with E-state index in [1.165, 1.54) is 0 Å². The molecule has 0 aliphatic rings. The van der Waals surface area contributed by atoms with Gasteiger partial charge in [-0.2, -0.15) is 0 Å². The van der Waals surface area contributed by atoms with Crippen molar-refractivity contribution in [1.29, 1.82) is 0 Å². The van der Waals surface area contributed by atoms with E-state index in [0.29, 0.717) is 0 Å². The molecule has 3 aromatic rings.